The van der Waals surface area contributed by atoms with E-state index >= 15 is 0 Å². The highest BCUT2D eigenvalue weighted by Crippen LogP contribution is 2.16. The summed E-state index contributed by atoms with van der Waals surface area (Å²) in [5, 5.41) is 6.47. The van der Waals surface area contributed by atoms with E-state index in [9.17, 15) is 4.79 Å². The highest BCUT2D eigenvalue weighted by atomic mass is 127. The molecule has 7 heteroatoms. The summed E-state index contributed by atoms with van der Waals surface area (Å²) >= 11 is 0. The number of carbonyl (C=O) groups is 1. The molecule has 25 heavy (non-hydrogen) atoms. The van der Waals surface area contributed by atoms with E-state index < -0.39 is 0 Å². The van der Waals surface area contributed by atoms with Crippen molar-refractivity contribution in [2.24, 2.45) is 4.99 Å². The molecule has 146 valence electrons. The van der Waals surface area contributed by atoms with Crippen LogP contribution in [0.2, 0.25) is 0 Å². The summed E-state index contributed by atoms with van der Waals surface area (Å²) in [6, 6.07) is 0.721. The Morgan fingerprint density at radius 1 is 1.08 bits per heavy atom. The number of hydrogen-bond donors (Lipinski definition) is 2. The maximum Gasteiger partial charge on any atom is 0.241 e. The first-order valence-corrected chi connectivity index (χ1v) is 9.67. The molecule has 1 amide bonds. The van der Waals surface area contributed by atoms with Gasteiger partial charge in [0.05, 0.1) is 6.54 Å². The SMILES string of the molecule is CN=C(NCCCN1CCCCC1C)NCC(=O)N1CCCCC1.I. The van der Waals surface area contributed by atoms with E-state index in [1.54, 1.807) is 7.05 Å². The smallest absolute Gasteiger partial charge is 0.241 e. The Morgan fingerprint density at radius 3 is 2.48 bits per heavy atom. The maximum absolute atomic E-state index is 12.2. The van der Waals surface area contributed by atoms with Gasteiger partial charge in [0.15, 0.2) is 5.96 Å². The van der Waals surface area contributed by atoms with E-state index in [4.69, 9.17) is 0 Å². The predicted octanol–water partition coefficient (Wildman–Crippen LogP) is 2.05. The van der Waals surface area contributed by atoms with Gasteiger partial charge in [-0.1, -0.05) is 6.42 Å². The molecule has 6 nitrogen and oxygen atoms in total. The third kappa shape index (κ3) is 8.11. The third-order valence-corrected chi connectivity index (χ3v) is 5.19. The van der Waals surface area contributed by atoms with Gasteiger partial charge in [-0.05, 0) is 52.0 Å². The number of guanidine groups is 1. The molecule has 1 unspecified atom stereocenters. The minimum Gasteiger partial charge on any atom is -0.356 e. The van der Waals surface area contributed by atoms with Crippen molar-refractivity contribution in [2.45, 2.75) is 57.9 Å². The number of nitrogens with one attached hydrogen (secondary N) is 2. The standard InChI is InChI=1S/C18H35N5O.HI/c1-16-9-4-7-11-22(16)14-8-10-20-18(19-2)21-15-17(24)23-12-5-3-6-13-23;/h16H,3-15H2,1-2H3,(H2,19,20,21);1H. The molecule has 0 saturated carbocycles. The van der Waals surface area contributed by atoms with Crippen LogP contribution in [-0.4, -0.2) is 74.0 Å². The number of nitrogens with zero attached hydrogens (tertiary/aromatic N) is 3. The van der Waals surface area contributed by atoms with Crippen LogP contribution in [0, 0.1) is 0 Å². The minimum absolute atomic E-state index is 0. The molecule has 0 bridgehead atoms. The fraction of sp³-hybridized carbons (Fsp3) is 0.889. The molecule has 2 N–H and O–H groups in total. The molecule has 0 aromatic rings. The summed E-state index contributed by atoms with van der Waals surface area (Å²) in [7, 11) is 1.76. The zero-order valence-corrected chi connectivity index (χ0v) is 18.3. The molecule has 2 saturated heterocycles. The van der Waals surface area contributed by atoms with Gasteiger partial charge in [-0.2, -0.15) is 0 Å². The molecule has 2 aliphatic heterocycles. The number of amides is 1. The van der Waals surface area contributed by atoms with Crippen molar-refractivity contribution in [2.75, 3.05) is 46.3 Å². The molecule has 0 aromatic carbocycles. The Balaban J connectivity index is 0.00000312. The fourth-order valence-corrected chi connectivity index (χ4v) is 3.61. The van der Waals surface area contributed by atoms with Gasteiger partial charge in [-0.25, -0.2) is 0 Å². The molecule has 2 aliphatic rings. The Kier molecular flexibility index (Phi) is 11.4. The Hall–Kier alpha value is -0.570. The number of halogens is 1. The monoisotopic (exact) mass is 465 g/mol. The zero-order chi connectivity index (χ0) is 17.2. The van der Waals surface area contributed by atoms with Crippen molar-refractivity contribution in [3.05, 3.63) is 0 Å². The van der Waals surface area contributed by atoms with Crippen LogP contribution in [0.5, 0.6) is 0 Å². The molecule has 0 spiro atoms. The number of carbonyl (C=O) groups excluding carboxylic acids is 1. The number of hydrogen-bond acceptors (Lipinski definition) is 3. The van der Waals surface area contributed by atoms with Gasteiger partial charge in [-0.15, -0.1) is 24.0 Å². The zero-order valence-electron chi connectivity index (χ0n) is 15.9. The number of piperidine rings is 2. The first-order valence-electron chi connectivity index (χ1n) is 9.67. The van der Waals surface area contributed by atoms with Crippen LogP contribution in [0.3, 0.4) is 0 Å². The van der Waals surface area contributed by atoms with Crippen LogP contribution in [0.15, 0.2) is 4.99 Å². The van der Waals surface area contributed by atoms with E-state index in [2.05, 4.69) is 27.4 Å². The van der Waals surface area contributed by atoms with Crippen molar-refractivity contribution < 1.29 is 4.79 Å². The van der Waals surface area contributed by atoms with Crippen molar-refractivity contribution in [3.63, 3.8) is 0 Å². The lowest BCUT2D eigenvalue weighted by molar-refractivity contribution is -0.130. The molecule has 0 radical (unpaired) electrons. The summed E-state index contributed by atoms with van der Waals surface area (Å²) in [6.07, 6.45) is 8.65. The Bertz CT molecular complexity index is 412. The normalized spacial score (nSPS) is 22.2. The van der Waals surface area contributed by atoms with Gasteiger partial charge in [0, 0.05) is 39.3 Å². The second-order valence-electron chi connectivity index (χ2n) is 7.03. The molecule has 2 fully saturated rings. The summed E-state index contributed by atoms with van der Waals surface area (Å²) in [5.74, 6) is 0.909. The highest BCUT2D eigenvalue weighted by Gasteiger charge is 2.18. The van der Waals surface area contributed by atoms with Crippen LogP contribution >= 0.6 is 24.0 Å². The highest BCUT2D eigenvalue weighted by molar-refractivity contribution is 14.0. The van der Waals surface area contributed by atoms with E-state index in [-0.39, 0.29) is 29.9 Å². The lowest BCUT2D eigenvalue weighted by atomic mass is 10.0. The van der Waals surface area contributed by atoms with Gasteiger partial charge >= 0.3 is 0 Å². The van der Waals surface area contributed by atoms with Crippen LogP contribution < -0.4 is 10.6 Å². The topological polar surface area (TPSA) is 60.0 Å². The summed E-state index contributed by atoms with van der Waals surface area (Å²) in [4.78, 5) is 20.9. The quantitative estimate of drug-likeness (QED) is 0.273. The summed E-state index contributed by atoms with van der Waals surface area (Å²) < 4.78 is 0. The van der Waals surface area contributed by atoms with Gasteiger partial charge in [0.2, 0.25) is 5.91 Å². The minimum atomic E-state index is 0. The van der Waals surface area contributed by atoms with Crippen molar-refractivity contribution in [1.82, 2.24) is 20.4 Å². The summed E-state index contributed by atoms with van der Waals surface area (Å²) in [6.45, 7) is 7.74. The van der Waals surface area contributed by atoms with Gasteiger partial charge < -0.3 is 20.4 Å². The lowest BCUT2D eigenvalue weighted by Crippen LogP contribution is -2.46. The van der Waals surface area contributed by atoms with Crippen molar-refractivity contribution in [1.29, 1.82) is 0 Å². The molecule has 2 rings (SSSR count). The fourth-order valence-electron chi connectivity index (χ4n) is 3.61. The van der Waals surface area contributed by atoms with Gasteiger partial charge in [0.1, 0.15) is 0 Å². The second kappa shape index (κ2) is 12.7. The van der Waals surface area contributed by atoms with Gasteiger partial charge in [0.25, 0.3) is 0 Å². The van der Waals surface area contributed by atoms with Crippen LogP contribution in [-0.2, 0) is 4.79 Å². The molecule has 0 aromatic heterocycles. The Morgan fingerprint density at radius 2 is 1.80 bits per heavy atom. The van der Waals surface area contributed by atoms with Crippen molar-refractivity contribution >= 4 is 35.8 Å². The van der Waals surface area contributed by atoms with Crippen molar-refractivity contribution in [3.8, 4) is 0 Å². The third-order valence-electron chi connectivity index (χ3n) is 5.19. The van der Waals surface area contributed by atoms with E-state index in [1.165, 1.54) is 32.2 Å². The summed E-state index contributed by atoms with van der Waals surface area (Å²) in [5.41, 5.74) is 0. The number of likely N-dealkylation sites (tertiary alicyclic amines) is 2. The van der Waals surface area contributed by atoms with Crippen LogP contribution in [0.1, 0.15) is 51.9 Å². The predicted molar refractivity (Wildman–Crippen MR) is 115 cm³/mol. The average Bonchev–Trinajstić information content (AvgIpc) is 2.63. The van der Waals surface area contributed by atoms with E-state index in [0.717, 1.165) is 57.4 Å². The maximum atomic E-state index is 12.2. The number of aliphatic imine (C=N–C) groups is 1. The van der Waals surface area contributed by atoms with E-state index in [0.29, 0.717) is 6.54 Å². The molecule has 1 atom stereocenters. The van der Waals surface area contributed by atoms with E-state index in [1.807, 2.05) is 4.90 Å². The average molecular weight is 465 g/mol. The molecule has 0 aliphatic carbocycles. The Labute approximate surface area is 170 Å². The largest absolute Gasteiger partial charge is 0.356 e. The first-order chi connectivity index (χ1) is 11.7. The second-order valence-corrected chi connectivity index (χ2v) is 7.03. The molecular weight excluding hydrogens is 429 g/mol. The van der Waals surface area contributed by atoms with Crippen LogP contribution in [0.4, 0.5) is 0 Å². The van der Waals surface area contributed by atoms with Crippen LogP contribution in [0.25, 0.3) is 0 Å². The molecular formula is C18H36IN5O. The lowest BCUT2D eigenvalue weighted by Gasteiger charge is -2.33. The number of rotatable bonds is 6. The van der Waals surface area contributed by atoms with Gasteiger partial charge in [-0.3, -0.25) is 9.79 Å². The first kappa shape index (κ1) is 22.5. The molecule has 2 heterocycles.